The average Bonchev–Trinajstić information content (AvgIpc) is 3.38. The summed E-state index contributed by atoms with van der Waals surface area (Å²) < 4.78 is 21.6. The summed E-state index contributed by atoms with van der Waals surface area (Å²) in [6.45, 7) is 0.713. The largest absolute Gasteiger partial charge is 0.496 e. The Balaban J connectivity index is 0.000000383. The van der Waals surface area contributed by atoms with Gasteiger partial charge in [-0.05, 0) is 58.3 Å². The van der Waals surface area contributed by atoms with Crippen molar-refractivity contribution >= 4 is 21.5 Å². The quantitative estimate of drug-likeness (QED) is 0.412. The fourth-order valence-electron chi connectivity index (χ4n) is 4.52. The van der Waals surface area contributed by atoms with E-state index in [-0.39, 0.29) is 6.10 Å². The van der Waals surface area contributed by atoms with Crippen LogP contribution < -0.4 is 4.74 Å². The van der Waals surface area contributed by atoms with Crippen molar-refractivity contribution in [1.82, 2.24) is 0 Å². The van der Waals surface area contributed by atoms with Gasteiger partial charge < -0.3 is 18.6 Å². The molecule has 1 heterocycles. The van der Waals surface area contributed by atoms with Crippen LogP contribution in [0, 0.1) is 5.92 Å². The second-order valence-corrected chi connectivity index (χ2v) is 7.62. The topological polar surface area (TPSA) is 40.8 Å². The van der Waals surface area contributed by atoms with Crippen LogP contribution in [-0.4, -0.2) is 34.0 Å². The van der Waals surface area contributed by atoms with E-state index in [1.807, 2.05) is 12.1 Å². The monoisotopic (exact) mass is 404 g/mol. The molecule has 4 nitrogen and oxygen atoms in total. The van der Waals surface area contributed by atoms with Gasteiger partial charge in [-0.1, -0.05) is 36.4 Å². The van der Waals surface area contributed by atoms with Gasteiger partial charge >= 0.3 is 0 Å². The van der Waals surface area contributed by atoms with Gasteiger partial charge in [0.05, 0.1) is 32.3 Å². The Morgan fingerprint density at radius 1 is 0.900 bits per heavy atom. The Bertz CT molecular complexity index is 1080. The van der Waals surface area contributed by atoms with Gasteiger partial charge in [-0.25, -0.2) is 0 Å². The predicted molar refractivity (Wildman–Crippen MR) is 120 cm³/mol. The molecule has 1 aliphatic rings. The highest BCUT2D eigenvalue weighted by Crippen LogP contribution is 2.40. The zero-order chi connectivity index (χ0) is 20.9. The molecule has 0 saturated heterocycles. The summed E-state index contributed by atoms with van der Waals surface area (Å²) in [6.07, 6.45) is 5.33. The molecule has 156 valence electrons. The third-order valence-corrected chi connectivity index (χ3v) is 5.94. The number of furan rings is 1. The van der Waals surface area contributed by atoms with E-state index >= 15 is 0 Å². The van der Waals surface area contributed by atoms with Gasteiger partial charge in [-0.15, -0.1) is 0 Å². The summed E-state index contributed by atoms with van der Waals surface area (Å²) in [5.74, 6) is 1.32. The van der Waals surface area contributed by atoms with Crippen LogP contribution in [0.1, 0.15) is 11.1 Å². The van der Waals surface area contributed by atoms with Gasteiger partial charge in [-0.3, -0.25) is 0 Å². The van der Waals surface area contributed by atoms with Gasteiger partial charge in [0.25, 0.3) is 0 Å². The molecule has 3 aromatic carbocycles. The molecular weight excluding hydrogens is 376 g/mol. The molecule has 0 radical (unpaired) electrons. The highest BCUT2D eigenvalue weighted by Gasteiger charge is 2.30. The highest BCUT2D eigenvalue weighted by atomic mass is 16.5. The van der Waals surface area contributed by atoms with Gasteiger partial charge in [0.2, 0.25) is 0 Å². The number of methoxy groups -OCH3 is 3. The van der Waals surface area contributed by atoms with Crippen LogP contribution in [0.4, 0.5) is 0 Å². The maximum Gasteiger partial charge on any atom is 0.127 e. The first-order chi connectivity index (χ1) is 14.8. The molecule has 4 aromatic rings. The zero-order valence-corrected chi connectivity index (χ0v) is 17.8. The molecule has 0 fully saturated rings. The summed E-state index contributed by atoms with van der Waals surface area (Å²) in [6, 6.07) is 18.8. The van der Waals surface area contributed by atoms with Crippen molar-refractivity contribution in [2.45, 2.75) is 18.9 Å². The van der Waals surface area contributed by atoms with Gasteiger partial charge in [0, 0.05) is 25.5 Å². The Labute approximate surface area is 177 Å². The lowest BCUT2D eigenvalue weighted by molar-refractivity contribution is 0.00983. The van der Waals surface area contributed by atoms with E-state index in [1.165, 1.54) is 32.7 Å². The van der Waals surface area contributed by atoms with E-state index in [9.17, 15) is 0 Å². The summed E-state index contributed by atoms with van der Waals surface area (Å²) in [5.41, 5.74) is 2.75. The molecule has 0 bridgehead atoms. The molecule has 1 aliphatic carbocycles. The standard InChI is InChI=1S/C22H24O3.C4H4O/c1-23-13-16-10-19-15(11-20(16)24-2)8-9-18-17-7-5-4-6-14(17)12-21(25-3)22(18)19;1-2-4-5-3-1/h4-9,12,16,20H,10-11,13H2,1-3H3;1-4H. The number of fused-ring (bicyclic) bond motifs is 5. The average molecular weight is 405 g/mol. The number of ether oxygens (including phenoxy) is 3. The minimum Gasteiger partial charge on any atom is -0.496 e. The molecule has 4 heteroatoms. The third kappa shape index (κ3) is 3.93. The summed E-state index contributed by atoms with van der Waals surface area (Å²) in [5, 5.41) is 5.00. The SMILES string of the molecule is COCC1Cc2c(ccc3c2c(OC)cc2ccccc23)CC1OC.c1ccoc1. The van der Waals surface area contributed by atoms with Crippen LogP contribution in [0.3, 0.4) is 0 Å². The Hall–Kier alpha value is -2.82. The Morgan fingerprint density at radius 3 is 2.37 bits per heavy atom. The minimum atomic E-state index is 0.205. The molecule has 0 N–H and O–H groups in total. The molecule has 0 aliphatic heterocycles. The first-order valence-electron chi connectivity index (χ1n) is 10.3. The minimum absolute atomic E-state index is 0.205. The van der Waals surface area contributed by atoms with Crippen LogP contribution in [0.2, 0.25) is 0 Å². The maximum atomic E-state index is 5.79. The lowest BCUT2D eigenvalue weighted by atomic mass is 9.79. The van der Waals surface area contributed by atoms with Crippen LogP contribution in [0.15, 0.2) is 71.5 Å². The summed E-state index contributed by atoms with van der Waals surface area (Å²) in [4.78, 5) is 0. The van der Waals surface area contributed by atoms with Crippen LogP contribution in [0.5, 0.6) is 5.75 Å². The van der Waals surface area contributed by atoms with Gasteiger partial charge in [-0.2, -0.15) is 0 Å². The Kier molecular flexibility index (Phi) is 6.36. The van der Waals surface area contributed by atoms with E-state index < -0.39 is 0 Å². The number of rotatable bonds is 4. The fraction of sp³-hybridized carbons (Fsp3) is 0.308. The van der Waals surface area contributed by atoms with Gasteiger partial charge in [0.15, 0.2) is 0 Å². The first kappa shape index (κ1) is 20.5. The first-order valence-corrected chi connectivity index (χ1v) is 10.3. The van der Waals surface area contributed by atoms with Crippen molar-refractivity contribution in [2.75, 3.05) is 27.9 Å². The molecular formula is C26H28O4. The molecule has 30 heavy (non-hydrogen) atoms. The second kappa shape index (κ2) is 9.33. The third-order valence-electron chi connectivity index (χ3n) is 5.94. The fourth-order valence-corrected chi connectivity index (χ4v) is 4.52. The molecule has 0 spiro atoms. The van der Waals surface area contributed by atoms with Crippen molar-refractivity contribution in [1.29, 1.82) is 0 Å². The van der Waals surface area contributed by atoms with E-state index in [2.05, 4.69) is 46.9 Å². The zero-order valence-electron chi connectivity index (χ0n) is 17.8. The summed E-state index contributed by atoms with van der Waals surface area (Å²) in [7, 11) is 5.32. The van der Waals surface area contributed by atoms with Crippen LogP contribution >= 0.6 is 0 Å². The van der Waals surface area contributed by atoms with Crippen molar-refractivity contribution in [2.24, 2.45) is 5.92 Å². The Morgan fingerprint density at radius 2 is 1.70 bits per heavy atom. The molecule has 2 atom stereocenters. The lowest BCUT2D eigenvalue weighted by Gasteiger charge is -2.33. The van der Waals surface area contributed by atoms with E-state index in [4.69, 9.17) is 14.2 Å². The van der Waals surface area contributed by atoms with Gasteiger partial charge in [0.1, 0.15) is 5.75 Å². The van der Waals surface area contributed by atoms with Crippen molar-refractivity contribution in [3.8, 4) is 5.75 Å². The van der Waals surface area contributed by atoms with Crippen molar-refractivity contribution in [3.05, 3.63) is 78.3 Å². The van der Waals surface area contributed by atoms with Crippen molar-refractivity contribution < 1.29 is 18.6 Å². The molecule has 0 amide bonds. The van der Waals surface area contributed by atoms with Crippen LogP contribution in [0.25, 0.3) is 21.5 Å². The van der Waals surface area contributed by atoms with E-state index in [1.54, 1.807) is 33.9 Å². The van der Waals surface area contributed by atoms with Crippen molar-refractivity contribution in [3.63, 3.8) is 0 Å². The molecule has 0 saturated carbocycles. The highest BCUT2D eigenvalue weighted by molar-refractivity contribution is 6.11. The van der Waals surface area contributed by atoms with E-state index in [0.717, 1.165) is 18.6 Å². The predicted octanol–water partition coefficient (Wildman–Crippen LogP) is 5.66. The number of hydrogen-bond acceptors (Lipinski definition) is 4. The molecule has 1 aromatic heterocycles. The second-order valence-electron chi connectivity index (χ2n) is 7.62. The molecule has 5 rings (SSSR count). The summed E-state index contributed by atoms with van der Waals surface area (Å²) >= 11 is 0. The van der Waals surface area contributed by atoms with Crippen LogP contribution in [-0.2, 0) is 22.3 Å². The number of benzene rings is 3. The smallest absolute Gasteiger partial charge is 0.127 e. The normalized spacial score (nSPS) is 18.0. The maximum absolute atomic E-state index is 5.79. The lowest BCUT2D eigenvalue weighted by Crippen LogP contribution is -2.34. The van der Waals surface area contributed by atoms with E-state index in [0.29, 0.717) is 12.5 Å². The number of hydrogen-bond donors (Lipinski definition) is 0. The molecule has 2 unspecified atom stereocenters.